The topological polar surface area (TPSA) is 81.1 Å². The van der Waals surface area contributed by atoms with E-state index in [1.807, 2.05) is 0 Å². The second kappa shape index (κ2) is 6.74. The molecule has 0 spiro atoms. The van der Waals surface area contributed by atoms with E-state index in [1.54, 1.807) is 16.9 Å². The van der Waals surface area contributed by atoms with Gasteiger partial charge in [-0.2, -0.15) is 0 Å². The number of halogens is 1. The van der Waals surface area contributed by atoms with Gasteiger partial charge < -0.3 is 15.4 Å². The molecule has 7 nitrogen and oxygen atoms in total. The van der Waals surface area contributed by atoms with E-state index in [0.29, 0.717) is 5.69 Å². The SMILES string of the molecule is COc1ccc(NC(=O)c2cn(C3CCNCC3)nn2)cc1F. The summed E-state index contributed by atoms with van der Waals surface area (Å²) in [5.74, 6) is -0.835. The number of carbonyl (C=O) groups excluding carboxylic acids is 1. The number of benzene rings is 1. The zero-order valence-corrected chi connectivity index (χ0v) is 12.8. The molecule has 0 unspecified atom stereocenters. The summed E-state index contributed by atoms with van der Waals surface area (Å²) in [6.45, 7) is 1.86. The molecule has 1 aliphatic heterocycles. The van der Waals surface area contributed by atoms with Gasteiger partial charge in [-0.25, -0.2) is 9.07 Å². The van der Waals surface area contributed by atoms with Gasteiger partial charge in [0.2, 0.25) is 0 Å². The molecule has 0 aliphatic carbocycles. The van der Waals surface area contributed by atoms with Gasteiger partial charge in [-0.15, -0.1) is 5.10 Å². The van der Waals surface area contributed by atoms with E-state index >= 15 is 0 Å². The van der Waals surface area contributed by atoms with Crippen molar-refractivity contribution in [1.29, 1.82) is 0 Å². The van der Waals surface area contributed by atoms with Gasteiger partial charge in [0.1, 0.15) is 0 Å². The van der Waals surface area contributed by atoms with Crippen LogP contribution in [0.2, 0.25) is 0 Å². The number of hydrogen-bond donors (Lipinski definition) is 2. The molecular formula is C15H18FN5O2. The van der Waals surface area contributed by atoms with Crippen LogP contribution in [0.1, 0.15) is 29.4 Å². The third kappa shape index (κ3) is 3.48. The van der Waals surface area contributed by atoms with Crippen LogP contribution in [0.3, 0.4) is 0 Å². The number of nitrogens with zero attached hydrogens (tertiary/aromatic N) is 3. The molecule has 1 aromatic heterocycles. The lowest BCUT2D eigenvalue weighted by molar-refractivity contribution is 0.102. The molecule has 0 bridgehead atoms. The van der Waals surface area contributed by atoms with Gasteiger partial charge in [0.15, 0.2) is 17.3 Å². The number of hydrogen-bond acceptors (Lipinski definition) is 5. The molecule has 0 saturated carbocycles. The smallest absolute Gasteiger partial charge is 0.277 e. The Morgan fingerprint density at radius 3 is 2.91 bits per heavy atom. The minimum absolute atomic E-state index is 0.125. The first-order chi connectivity index (χ1) is 11.2. The summed E-state index contributed by atoms with van der Waals surface area (Å²) < 4.78 is 20.2. The van der Waals surface area contributed by atoms with E-state index in [2.05, 4.69) is 20.9 Å². The Balaban J connectivity index is 1.68. The third-order valence-corrected chi connectivity index (χ3v) is 3.84. The molecule has 2 heterocycles. The highest BCUT2D eigenvalue weighted by molar-refractivity contribution is 6.02. The molecule has 1 amide bonds. The molecule has 2 aromatic rings. The Hall–Kier alpha value is -2.48. The Labute approximate surface area is 132 Å². The average molecular weight is 319 g/mol. The lowest BCUT2D eigenvalue weighted by Gasteiger charge is -2.22. The number of anilines is 1. The van der Waals surface area contributed by atoms with Crippen LogP contribution in [0, 0.1) is 5.82 Å². The quantitative estimate of drug-likeness (QED) is 0.895. The summed E-state index contributed by atoms with van der Waals surface area (Å²) in [6.07, 6.45) is 3.54. The number of aromatic nitrogens is 3. The Bertz CT molecular complexity index is 697. The third-order valence-electron chi connectivity index (χ3n) is 3.84. The van der Waals surface area contributed by atoms with E-state index in [0.717, 1.165) is 25.9 Å². The van der Waals surface area contributed by atoms with Crippen molar-refractivity contribution in [2.75, 3.05) is 25.5 Å². The van der Waals surface area contributed by atoms with E-state index in [4.69, 9.17) is 4.74 Å². The molecule has 2 N–H and O–H groups in total. The van der Waals surface area contributed by atoms with Crippen molar-refractivity contribution >= 4 is 11.6 Å². The maximum Gasteiger partial charge on any atom is 0.277 e. The Morgan fingerprint density at radius 2 is 2.22 bits per heavy atom. The largest absolute Gasteiger partial charge is 0.494 e. The second-order valence-electron chi connectivity index (χ2n) is 5.37. The van der Waals surface area contributed by atoms with Crippen molar-refractivity contribution in [1.82, 2.24) is 20.3 Å². The first kappa shape index (κ1) is 15.4. The van der Waals surface area contributed by atoms with Crippen molar-refractivity contribution < 1.29 is 13.9 Å². The van der Waals surface area contributed by atoms with Gasteiger partial charge in [-0.1, -0.05) is 5.21 Å². The zero-order valence-electron chi connectivity index (χ0n) is 12.8. The van der Waals surface area contributed by atoms with Crippen molar-refractivity contribution in [3.05, 3.63) is 35.9 Å². The molecule has 0 radical (unpaired) electrons. The van der Waals surface area contributed by atoms with Crippen molar-refractivity contribution in [3.8, 4) is 5.75 Å². The molecule has 8 heteroatoms. The van der Waals surface area contributed by atoms with Crippen LogP contribution in [0.25, 0.3) is 0 Å². The molecule has 23 heavy (non-hydrogen) atoms. The molecule has 1 aromatic carbocycles. The van der Waals surface area contributed by atoms with Crippen LogP contribution >= 0.6 is 0 Å². The Kier molecular flexibility index (Phi) is 4.52. The number of piperidine rings is 1. The molecule has 3 rings (SSSR count). The van der Waals surface area contributed by atoms with Crippen LogP contribution in [-0.4, -0.2) is 41.1 Å². The van der Waals surface area contributed by atoms with Gasteiger partial charge >= 0.3 is 0 Å². The van der Waals surface area contributed by atoms with E-state index in [-0.39, 0.29) is 17.5 Å². The van der Waals surface area contributed by atoms with Crippen LogP contribution in [0.15, 0.2) is 24.4 Å². The predicted molar refractivity (Wildman–Crippen MR) is 82.1 cm³/mol. The summed E-state index contributed by atoms with van der Waals surface area (Å²) in [6, 6.07) is 4.48. The van der Waals surface area contributed by atoms with Gasteiger partial charge in [0, 0.05) is 11.8 Å². The fourth-order valence-corrected chi connectivity index (χ4v) is 2.57. The van der Waals surface area contributed by atoms with Crippen molar-refractivity contribution in [2.45, 2.75) is 18.9 Å². The number of nitrogens with one attached hydrogen (secondary N) is 2. The fraction of sp³-hybridized carbons (Fsp3) is 0.400. The summed E-state index contributed by atoms with van der Waals surface area (Å²) in [5, 5.41) is 13.8. The molecular weight excluding hydrogens is 301 g/mol. The first-order valence-electron chi connectivity index (χ1n) is 7.45. The first-order valence-corrected chi connectivity index (χ1v) is 7.45. The molecule has 0 atom stereocenters. The Morgan fingerprint density at radius 1 is 1.43 bits per heavy atom. The minimum Gasteiger partial charge on any atom is -0.494 e. The fourth-order valence-electron chi connectivity index (χ4n) is 2.57. The highest BCUT2D eigenvalue weighted by Gasteiger charge is 2.19. The van der Waals surface area contributed by atoms with Gasteiger partial charge in [-0.05, 0) is 38.1 Å². The van der Waals surface area contributed by atoms with Crippen LogP contribution < -0.4 is 15.4 Å². The molecule has 1 saturated heterocycles. The zero-order chi connectivity index (χ0) is 16.2. The van der Waals surface area contributed by atoms with Crippen molar-refractivity contribution in [3.63, 3.8) is 0 Å². The lowest BCUT2D eigenvalue weighted by atomic mass is 10.1. The summed E-state index contributed by atoms with van der Waals surface area (Å²) in [4.78, 5) is 12.2. The number of carbonyl (C=O) groups is 1. The summed E-state index contributed by atoms with van der Waals surface area (Å²) in [7, 11) is 1.38. The van der Waals surface area contributed by atoms with Crippen LogP contribution in [0.4, 0.5) is 10.1 Å². The maximum absolute atomic E-state index is 13.6. The maximum atomic E-state index is 13.6. The van der Waals surface area contributed by atoms with Gasteiger partial charge in [-0.3, -0.25) is 4.79 Å². The van der Waals surface area contributed by atoms with Crippen molar-refractivity contribution in [2.24, 2.45) is 0 Å². The standard InChI is InChI=1S/C15H18FN5O2/c1-23-14-3-2-10(8-12(14)16)18-15(22)13-9-21(20-19-13)11-4-6-17-7-5-11/h2-3,8-9,11,17H,4-7H2,1H3,(H,18,22). The predicted octanol–water partition coefficient (Wildman–Crippen LogP) is 1.60. The number of ether oxygens (including phenoxy) is 1. The van der Waals surface area contributed by atoms with Crippen LogP contribution in [-0.2, 0) is 0 Å². The summed E-state index contributed by atoms with van der Waals surface area (Å²) >= 11 is 0. The molecule has 122 valence electrons. The second-order valence-corrected chi connectivity index (χ2v) is 5.37. The van der Waals surface area contributed by atoms with Gasteiger partial charge in [0.25, 0.3) is 5.91 Å². The minimum atomic E-state index is -0.538. The monoisotopic (exact) mass is 319 g/mol. The lowest BCUT2D eigenvalue weighted by Crippen LogP contribution is -2.29. The highest BCUT2D eigenvalue weighted by Crippen LogP contribution is 2.21. The number of amides is 1. The van der Waals surface area contributed by atoms with Gasteiger partial charge in [0.05, 0.1) is 19.3 Å². The molecule has 1 fully saturated rings. The van der Waals surface area contributed by atoms with E-state index in [9.17, 15) is 9.18 Å². The average Bonchev–Trinajstić information content (AvgIpc) is 3.06. The summed E-state index contributed by atoms with van der Waals surface area (Å²) in [5.41, 5.74) is 0.546. The van der Waals surface area contributed by atoms with E-state index < -0.39 is 11.7 Å². The number of methoxy groups -OCH3 is 1. The highest BCUT2D eigenvalue weighted by atomic mass is 19.1. The number of rotatable bonds is 4. The molecule has 1 aliphatic rings. The normalized spacial score (nSPS) is 15.4. The van der Waals surface area contributed by atoms with Crippen LogP contribution in [0.5, 0.6) is 5.75 Å². The van der Waals surface area contributed by atoms with E-state index in [1.165, 1.54) is 19.2 Å².